The lowest BCUT2D eigenvalue weighted by Gasteiger charge is -2.17. The lowest BCUT2D eigenvalue weighted by atomic mass is 10.0. The van der Waals surface area contributed by atoms with E-state index >= 15 is 0 Å². The molecule has 0 aliphatic carbocycles. The summed E-state index contributed by atoms with van der Waals surface area (Å²) in [4.78, 5) is 33.4. The zero-order valence-electron chi connectivity index (χ0n) is 19.9. The van der Waals surface area contributed by atoms with Gasteiger partial charge in [-0.15, -0.1) is 0 Å². The number of nitrogens with zero attached hydrogens (tertiary/aromatic N) is 1. The molecule has 0 spiro atoms. The van der Waals surface area contributed by atoms with Crippen LogP contribution in [0, 0.1) is 0 Å². The SMILES string of the molecule is CNC(=O)[C@H](Cc1c[nH]c2ccccc12)NC(=O)c1ccc(/C=C/c2ccc3ccccc3n2)cc1. The Labute approximate surface area is 209 Å². The second-order valence-electron chi connectivity index (χ2n) is 8.59. The molecule has 0 fully saturated rings. The minimum Gasteiger partial charge on any atom is -0.361 e. The average molecular weight is 475 g/mol. The maximum absolute atomic E-state index is 13.0. The van der Waals surface area contributed by atoms with Crippen molar-refractivity contribution in [3.05, 3.63) is 114 Å². The van der Waals surface area contributed by atoms with Crippen LogP contribution in [0.1, 0.15) is 27.2 Å². The third kappa shape index (κ3) is 5.03. The summed E-state index contributed by atoms with van der Waals surface area (Å²) in [6.45, 7) is 0. The Morgan fingerprint density at radius 1 is 0.917 bits per heavy atom. The van der Waals surface area contributed by atoms with Gasteiger partial charge in [-0.05, 0) is 47.5 Å². The number of amides is 2. The predicted octanol–water partition coefficient (Wildman–Crippen LogP) is 4.97. The van der Waals surface area contributed by atoms with Crippen molar-refractivity contribution >= 4 is 45.8 Å². The highest BCUT2D eigenvalue weighted by atomic mass is 16.2. The minimum atomic E-state index is -0.694. The van der Waals surface area contributed by atoms with Crippen LogP contribution in [0.2, 0.25) is 0 Å². The third-order valence-corrected chi connectivity index (χ3v) is 6.21. The standard InChI is InChI=1S/C30H26N4O2/c1-31-30(36)28(18-23-19-32-27-9-5-3-7-25(23)27)34-29(35)22-13-10-20(11-14-22)12-16-24-17-15-21-6-2-4-8-26(21)33-24/h2-17,19,28,32H,18H2,1H3,(H,31,36)(H,34,35)/b16-12+/t28-/m0/s1. The van der Waals surface area contributed by atoms with E-state index in [4.69, 9.17) is 0 Å². The molecule has 2 aromatic heterocycles. The maximum atomic E-state index is 13.0. The fourth-order valence-corrected chi connectivity index (χ4v) is 4.25. The Morgan fingerprint density at radius 2 is 1.69 bits per heavy atom. The van der Waals surface area contributed by atoms with Gasteiger partial charge in [-0.2, -0.15) is 0 Å². The maximum Gasteiger partial charge on any atom is 0.251 e. The van der Waals surface area contributed by atoms with Crippen molar-refractivity contribution in [3.63, 3.8) is 0 Å². The number of H-pyrrole nitrogens is 1. The Balaban J connectivity index is 1.27. The number of aromatic nitrogens is 2. The van der Waals surface area contributed by atoms with E-state index in [1.165, 1.54) is 0 Å². The van der Waals surface area contributed by atoms with Gasteiger partial charge < -0.3 is 15.6 Å². The molecule has 6 heteroatoms. The number of fused-ring (bicyclic) bond motifs is 2. The van der Waals surface area contributed by atoms with E-state index in [1.54, 1.807) is 19.2 Å². The highest BCUT2D eigenvalue weighted by Crippen LogP contribution is 2.19. The van der Waals surface area contributed by atoms with Gasteiger partial charge in [-0.25, -0.2) is 4.98 Å². The molecule has 0 saturated carbocycles. The zero-order chi connectivity index (χ0) is 24.9. The number of pyridine rings is 1. The van der Waals surface area contributed by atoms with Crippen LogP contribution in [0.5, 0.6) is 0 Å². The lowest BCUT2D eigenvalue weighted by Crippen LogP contribution is -2.47. The van der Waals surface area contributed by atoms with Crippen LogP contribution < -0.4 is 10.6 Å². The molecule has 178 valence electrons. The number of likely N-dealkylation sites (N-methyl/N-ethyl adjacent to an activating group) is 1. The average Bonchev–Trinajstić information content (AvgIpc) is 3.34. The summed E-state index contributed by atoms with van der Waals surface area (Å²) in [5, 5.41) is 7.69. The van der Waals surface area contributed by atoms with Gasteiger partial charge in [-0.3, -0.25) is 9.59 Å². The van der Waals surface area contributed by atoms with Gasteiger partial charge in [0.2, 0.25) is 5.91 Å². The van der Waals surface area contributed by atoms with Crippen molar-refractivity contribution in [2.75, 3.05) is 7.05 Å². The Morgan fingerprint density at radius 3 is 2.53 bits per heavy atom. The minimum absolute atomic E-state index is 0.240. The topological polar surface area (TPSA) is 86.9 Å². The molecule has 36 heavy (non-hydrogen) atoms. The summed E-state index contributed by atoms with van der Waals surface area (Å²) in [7, 11) is 1.57. The Hall–Kier alpha value is -4.71. The van der Waals surface area contributed by atoms with Crippen molar-refractivity contribution in [2.45, 2.75) is 12.5 Å². The lowest BCUT2D eigenvalue weighted by molar-refractivity contribution is -0.122. The molecule has 0 radical (unpaired) electrons. The number of benzene rings is 3. The Kier molecular flexibility index (Phi) is 6.58. The van der Waals surface area contributed by atoms with Crippen LogP contribution in [0.15, 0.2) is 91.1 Å². The van der Waals surface area contributed by atoms with Crippen LogP contribution in [0.4, 0.5) is 0 Å². The van der Waals surface area contributed by atoms with Gasteiger partial charge in [0.1, 0.15) is 6.04 Å². The molecule has 0 aliphatic rings. The fraction of sp³-hybridized carbons (Fsp3) is 0.100. The fourth-order valence-electron chi connectivity index (χ4n) is 4.25. The number of hydrogen-bond acceptors (Lipinski definition) is 3. The van der Waals surface area contributed by atoms with Crippen molar-refractivity contribution in [1.29, 1.82) is 0 Å². The number of carbonyl (C=O) groups is 2. The van der Waals surface area contributed by atoms with Crippen LogP contribution in [0.3, 0.4) is 0 Å². The predicted molar refractivity (Wildman–Crippen MR) is 144 cm³/mol. The molecule has 0 aliphatic heterocycles. The summed E-state index contributed by atoms with van der Waals surface area (Å²) >= 11 is 0. The van der Waals surface area contributed by atoms with Gasteiger partial charge in [-0.1, -0.05) is 60.7 Å². The first kappa shape index (κ1) is 23.1. The van der Waals surface area contributed by atoms with Crippen molar-refractivity contribution < 1.29 is 9.59 Å². The van der Waals surface area contributed by atoms with Gasteiger partial charge in [0.25, 0.3) is 5.91 Å². The van der Waals surface area contributed by atoms with E-state index in [9.17, 15) is 9.59 Å². The molecule has 0 saturated heterocycles. The van der Waals surface area contributed by atoms with E-state index in [0.29, 0.717) is 12.0 Å². The zero-order valence-corrected chi connectivity index (χ0v) is 19.9. The molecule has 5 aromatic rings. The monoisotopic (exact) mass is 474 g/mol. The number of carbonyl (C=O) groups excluding carboxylic acids is 2. The number of para-hydroxylation sites is 2. The summed E-state index contributed by atoms with van der Waals surface area (Å²) in [5.74, 6) is -0.536. The van der Waals surface area contributed by atoms with Crippen LogP contribution in [-0.2, 0) is 11.2 Å². The largest absolute Gasteiger partial charge is 0.361 e. The second-order valence-corrected chi connectivity index (χ2v) is 8.59. The quantitative estimate of drug-likeness (QED) is 0.311. The number of hydrogen-bond donors (Lipinski definition) is 3. The summed E-state index contributed by atoms with van der Waals surface area (Å²) in [6.07, 6.45) is 6.18. The summed E-state index contributed by atoms with van der Waals surface area (Å²) < 4.78 is 0. The first-order chi connectivity index (χ1) is 17.6. The number of nitrogens with one attached hydrogen (secondary N) is 3. The van der Waals surface area contributed by atoms with E-state index < -0.39 is 6.04 Å². The first-order valence-electron chi connectivity index (χ1n) is 11.8. The number of aromatic amines is 1. The highest BCUT2D eigenvalue weighted by Gasteiger charge is 2.22. The van der Waals surface area contributed by atoms with Crippen molar-refractivity contribution in [1.82, 2.24) is 20.6 Å². The normalized spacial score (nSPS) is 12.1. The van der Waals surface area contributed by atoms with E-state index in [2.05, 4.69) is 26.7 Å². The van der Waals surface area contributed by atoms with Gasteiger partial charge in [0.15, 0.2) is 0 Å². The second kappa shape index (κ2) is 10.3. The Bertz CT molecular complexity index is 1570. The highest BCUT2D eigenvalue weighted by molar-refractivity contribution is 5.98. The van der Waals surface area contributed by atoms with Gasteiger partial charge in [0, 0.05) is 41.5 Å². The molecule has 1 atom stereocenters. The van der Waals surface area contributed by atoms with E-state index in [1.807, 2.05) is 85.1 Å². The van der Waals surface area contributed by atoms with E-state index in [0.717, 1.165) is 38.6 Å². The van der Waals surface area contributed by atoms with Crippen molar-refractivity contribution in [2.24, 2.45) is 0 Å². The molecule has 0 unspecified atom stereocenters. The molecule has 6 nitrogen and oxygen atoms in total. The smallest absolute Gasteiger partial charge is 0.251 e. The number of rotatable bonds is 7. The van der Waals surface area contributed by atoms with E-state index in [-0.39, 0.29) is 11.8 Å². The van der Waals surface area contributed by atoms with Crippen molar-refractivity contribution in [3.8, 4) is 0 Å². The molecule has 5 rings (SSSR count). The molecular formula is C30H26N4O2. The van der Waals surface area contributed by atoms with Gasteiger partial charge in [0.05, 0.1) is 11.2 Å². The molecule has 3 N–H and O–H groups in total. The summed E-state index contributed by atoms with van der Waals surface area (Å²) in [5.41, 5.74) is 5.22. The third-order valence-electron chi connectivity index (χ3n) is 6.21. The molecule has 0 bridgehead atoms. The van der Waals surface area contributed by atoms with Crippen LogP contribution in [-0.4, -0.2) is 34.9 Å². The summed E-state index contributed by atoms with van der Waals surface area (Å²) in [6, 6.07) is 26.5. The molecule has 3 aromatic carbocycles. The molecule has 2 amide bonds. The molecule has 2 heterocycles. The van der Waals surface area contributed by atoms with Gasteiger partial charge >= 0.3 is 0 Å². The van der Waals surface area contributed by atoms with Crippen LogP contribution >= 0.6 is 0 Å². The molecular weight excluding hydrogens is 448 g/mol. The van der Waals surface area contributed by atoms with Crippen LogP contribution in [0.25, 0.3) is 34.0 Å². The first-order valence-corrected chi connectivity index (χ1v) is 11.8.